The second-order valence-corrected chi connectivity index (χ2v) is 7.35. The third-order valence-corrected chi connectivity index (χ3v) is 5.50. The summed E-state index contributed by atoms with van der Waals surface area (Å²) in [5, 5.41) is 10.9. The van der Waals surface area contributed by atoms with Crippen molar-refractivity contribution in [1.29, 1.82) is 0 Å². The van der Waals surface area contributed by atoms with Crippen LogP contribution in [0.5, 0.6) is 0 Å². The lowest BCUT2D eigenvalue weighted by atomic mass is 9.80. The topological polar surface area (TPSA) is 48.5 Å². The van der Waals surface area contributed by atoms with Gasteiger partial charge in [-0.3, -0.25) is 0 Å². The summed E-state index contributed by atoms with van der Waals surface area (Å²) >= 11 is 0. The molecular formula is C20H30N2O2. The van der Waals surface area contributed by atoms with Crippen LogP contribution in [-0.2, 0) is 23.2 Å². The Morgan fingerprint density at radius 2 is 2.17 bits per heavy atom. The number of nitrogens with zero attached hydrogens (tertiary/aromatic N) is 1. The molecule has 2 heterocycles. The fourth-order valence-electron chi connectivity index (χ4n) is 4.21. The molecule has 2 atom stereocenters. The van der Waals surface area contributed by atoms with Gasteiger partial charge >= 0.3 is 0 Å². The lowest BCUT2D eigenvalue weighted by molar-refractivity contribution is -0.101. The molecule has 1 aromatic heterocycles. The Bertz CT molecular complexity index is 707. The molecule has 1 aliphatic rings. The number of benzene rings is 1. The summed E-state index contributed by atoms with van der Waals surface area (Å²) in [6, 6.07) is 6.59. The van der Waals surface area contributed by atoms with Gasteiger partial charge in [0.05, 0.1) is 12.3 Å². The number of para-hydroxylation sites is 1. The molecule has 0 radical (unpaired) electrons. The number of fused-ring (bicyclic) bond motifs is 3. The van der Waals surface area contributed by atoms with E-state index in [2.05, 4.69) is 56.0 Å². The zero-order valence-corrected chi connectivity index (χ0v) is 15.4. The fourth-order valence-corrected chi connectivity index (χ4v) is 4.21. The SMILES string of the molecule is CCc1cccc2c3c([nH]c12)C(C)(C(CCO)CN(C)C)OCC3. The highest BCUT2D eigenvalue weighted by Crippen LogP contribution is 2.43. The monoisotopic (exact) mass is 330 g/mol. The van der Waals surface area contributed by atoms with Gasteiger partial charge < -0.3 is 19.7 Å². The van der Waals surface area contributed by atoms with E-state index in [4.69, 9.17) is 4.74 Å². The zero-order chi connectivity index (χ0) is 17.3. The van der Waals surface area contributed by atoms with Gasteiger partial charge in [0.1, 0.15) is 5.60 Å². The van der Waals surface area contributed by atoms with E-state index < -0.39 is 0 Å². The first-order chi connectivity index (χ1) is 11.5. The van der Waals surface area contributed by atoms with Crippen molar-refractivity contribution in [3.8, 4) is 0 Å². The number of hydrogen-bond donors (Lipinski definition) is 2. The minimum atomic E-state index is -0.384. The van der Waals surface area contributed by atoms with E-state index >= 15 is 0 Å². The van der Waals surface area contributed by atoms with Crippen LogP contribution in [0.1, 0.15) is 37.1 Å². The van der Waals surface area contributed by atoms with Gasteiger partial charge in [-0.2, -0.15) is 0 Å². The van der Waals surface area contributed by atoms with Crippen LogP contribution in [0.3, 0.4) is 0 Å². The third kappa shape index (κ3) is 2.87. The first-order valence-electron chi connectivity index (χ1n) is 9.03. The number of aryl methyl sites for hydroxylation is 1. The molecule has 0 amide bonds. The normalized spacial score (nSPS) is 22.1. The van der Waals surface area contributed by atoms with E-state index in [0.717, 1.165) is 32.4 Å². The van der Waals surface area contributed by atoms with Crippen LogP contribution in [0.4, 0.5) is 0 Å². The van der Waals surface area contributed by atoms with Gasteiger partial charge in [-0.05, 0) is 51.4 Å². The van der Waals surface area contributed by atoms with E-state index in [1.54, 1.807) is 0 Å². The van der Waals surface area contributed by atoms with Crippen molar-refractivity contribution in [2.75, 3.05) is 33.9 Å². The fraction of sp³-hybridized carbons (Fsp3) is 0.600. The predicted octanol–water partition coefficient (Wildman–Crippen LogP) is 3.08. The van der Waals surface area contributed by atoms with Gasteiger partial charge in [-0.1, -0.05) is 25.1 Å². The second kappa shape index (κ2) is 6.87. The number of aliphatic hydroxyl groups excluding tert-OH is 1. The van der Waals surface area contributed by atoms with Crippen molar-refractivity contribution in [2.24, 2.45) is 5.92 Å². The summed E-state index contributed by atoms with van der Waals surface area (Å²) in [5.74, 6) is 0.245. The quantitative estimate of drug-likeness (QED) is 0.856. The number of aromatic nitrogens is 1. The summed E-state index contributed by atoms with van der Waals surface area (Å²) in [5.41, 5.74) is 4.84. The lowest BCUT2D eigenvalue weighted by Gasteiger charge is -2.41. The van der Waals surface area contributed by atoms with Crippen LogP contribution in [-0.4, -0.2) is 48.8 Å². The van der Waals surface area contributed by atoms with Crippen LogP contribution in [0.25, 0.3) is 10.9 Å². The molecule has 1 aliphatic heterocycles. The average Bonchev–Trinajstić information content (AvgIpc) is 2.94. The van der Waals surface area contributed by atoms with Gasteiger partial charge in [0.2, 0.25) is 0 Å². The molecule has 0 aliphatic carbocycles. The van der Waals surface area contributed by atoms with E-state index in [-0.39, 0.29) is 18.1 Å². The average molecular weight is 330 g/mol. The molecule has 0 fully saturated rings. The molecule has 3 rings (SSSR count). The highest BCUT2D eigenvalue weighted by atomic mass is 16.5. The molecule has 2 unspecified atom stereocenters. The molecule has 1 aromatic carbocycles. The second-order valence-electron chi connectivity index (χ2n) is 7.35. The molecule has 24 heavy (non-hydrogen) atoms. The largest absolute Gasteiger partial charge is 0.396 e. The number of hydrogen-bond acceptors (Lipinski definition) is 3. The van der Waals surface area contributed by atoms with Crippen molar-refractivity contribution in [3.05, 3.63) is 35.0 Å². The Kier molecular flexibility index (Phi) is 5.00. The van der Waals surface area contributed by atoms with Gasteiger partial charge in [0.15, 0.2) is 0 Å². The molecule has 4 nitrogen and oxygen atoms in total. The van der Waals surface area contributed by atoms with Gasteiger partial charge in [0, 0.05) is 30.0 Å². The molecule has 132 valence electrons. The Balaban J connectivity index is 2.13. The van der Waals surface area contributed by atoms with Crippen LogP contribution >= 0.6 is 0 Å². The van der Waals surface area contributed by atoms with E-state index in [1.165, 1.54) is 27.7 Å². The Morgan fingerprint density at radius 1 is 1.38 bits per heavy atom. The number of ether oxygens (including phenoxy) is 1. The summed E-state index contributed by atoms with van der Waals surface area (Å²) in [4.78, 5) is 5.90. The number of nitrogens with one attached hydrogen (secondary N) is 1. The zero-order valence-electron chi connectivity index (χ0n) is 15.4. The molecule has 0 spiro atoms. The van der Waals surface area contributed by atoms with Crippen LogP contribution in [0, 0.1) is 5.92 Å². The summed E-state index contributed by atoms with van der Waals surface area (Å²) < 4.78 is 6.34. The van der Waals surface area contributed by atoms with Crippen molar-refractivity contribution < 1.29 is 9.84 Å². The molecule has 0 bridgehead atoms. The van der Waals surface area contributed by atoms with Gasteiger partial charge in [-0.25, -0.2) is 0 Å². The molecule has 4 heteroatoms. The predicted molar refractivity (Wildman–Crippen MR) is 98.4 cm³/mol. The van der Waals surface area contributed by atoms with Gasteiger partial charge in [0.25, 0.3) is 0 Å². The molecule has 0 saturated carbocycles. The Morgan fingerprint density at radius 3 is 2.83 bits per heavy atom. The maximum absolute atomic E-state index is 9.58. The van der Waals surface area contributed by atoms with Crippen molar-refractivity contribution >= 4 is 10.9 Å². The van der Waals surface area contributed by atoms with Crippen LogP contribution < -0.4 is 0 Å². The smallest absolute Gasteiger partial charge is 0.109 e. The molecule has 0 saturated heterocycles. The van der Waals surface area contributed by atoms with E-state index in [9.17, 15) is 5.11 Å². The number of H-pyrrole nitrogens is 1. The Labute approximate surface area is 144 Å². The minimum Gasteiger partial charge on any atom is -0.396 e. The molecule has 2 N–H and O–H groups in total. The third-order valence-electron chi connectivity index (χ3n) is 5.50. The first kappa shape index (κ1) is 17.5. The summed E-state index contributed by atoms with van der Waals surface area (Å²) in [6.07, 6.45) is 2.71. The van der Waals surface area contributed by atoms with Crippen molar-refractivity contribution in [2.45, 2.75) is 38.7 Å². The highest BCUT2D eigenvalue weighted by molar-refractivity contribution is 5.88. The van der Waals surface area contributed by atoms with E-state index in [1.807, 2.05) is 0 Å². The van der Waals surface area contributed by atoms with Crippen molar-refractivity contribution in [1.82, 2.24) is 9.88 Å². The maximum atomic E-state index is 9.58. The van der Waals surface area contributed by atoms with Gasteiger partial charge in [-0.15, -0.1) is 0 Å². The summed E-state index contributed by atoms with van der Waals surface area (Å²) in [6.45, 7) is 6.21. The molecular weight excluding hydrogens is 300 g/mol. The maximum Gasteiger partial charge on any atom is 0.109 e. The van der Waals surface area contributed by atoms with Crippen LogP contribution in [0.2, 0.25) is 0 Å². The minimum absolute atomic E-state index is 0.188. The molecule has 2 aromatic rings. The number of aliphatic hydroxyl groups is 1. The standard InChI is InChI=1S/C20H30N2O2/c1-5-14-7-6-8-16-17-10-12-24-20(2,19(17)21-18(14)16)15(9-11-23)13-22(3)4/h6-8,15,21,23H,5,9-13H2,1-4H3. The lowest BCUT2D eigenvalue weighted by Crippen LogP contribution is -2.44. The van der Waals surface area contributed by atoms with E-state index in [0.29, 0.717) is 0 Å². The number of rotatable bonds is 6. The first-order valence-corrected chi connectivity index (χ1v) is 9.03. The Hall–Kier alpha value is -1.36. The van der Waals surface area contributed by atoms with Crippen molar-refractivity contribution in [3.63, 3.8) is 0 Å². The van der Waals surface area contributed by atoms with Crippen LogP contribution in [0.15, 0.2) is 18.2 Å². The highest BCUT2D eigenvalue weighted by Gasteiger charge is 2.42. The number of aromatic amines is 1. The summed E-state index contributed by atoms with van der Waals surface area (Å²) in [7, 11) is 4.16.